The molecule has 11 heavy (non-hydrogen) atoms. The minimum atomic E-state index is -0.273. The minimum absolute atomic E-state index is 0.0483. The van der Waals surface area contributed by atoms with Gasteiger partial charge in [0.15, 0.2) is 0 Å². The lowest BCUT2D eigenvalue weighted by Gasteiger charge is -2.24. The molecule has 2 heteroatoms. The summed E-state index contributed by atoms with van der Waals surface area (Å²) in [7, 11) is 0. The third kappa shape index (κ3) is 3.29. The quantitative estimate of drug-likeness (QED) is 0.606. The first-order valence-electron chi connectivity index (χ1n) is 3.96. The number of rotatable bonds is 3. The summed E-state index contributed by atoms with van der Waals surface area (Å²) >= 11 is 0. The molecule has 0 radical (unpaired) electrons. The van der Waals surface area contributed by atoms with Gasteiger partial charge in [0.05, 0.1) is 0 Å². The van der Waals surface area contributed by atoms with Gasteiger partial charge in [-0.25, -0.2) is 0 Å². The van der Waals surface area contributed by atoms with Gasteiger partial charge in [0.2, 0.25) is 0 Å². The molecular weight excluding hydrogens is 138 g/mol. The zero-order valence-corrected chi connectivity index (χ0v) is 7.52. The van der Waals surface area contributed by atoms with Crippen LogP contribution in [0.3, 0.4) is 0 Å². The number of nitrogens with two attached hydrogens (primary N) is 1. The van der Waals surface area contributed by atoms with E-state index in [2.05, 4.69) is 12.8 Å². The maximum Gasteiger partial charge on any atom is 0.108 e. The molecule has 0 aliphatic carbocycles. The van der Waals surface area contributed by atoms with Crippen molar-refractivity contribution in [3.63, 3.8) is 0 Å². The Balaban J connectivity index is 4.12. The van der Waals surface area contributed by atoms with E-state index < -0.39 is 0 Å². The molecule has 0 aliphatic heterocycles. The Bertz CT molecular complexity index is 164. The van der Waals surface area contributed by atoms with Crippen molar-refractivity contribution in [1.82, 2.24) is 0 Å². The highest BCUT2D eigenvalue weighted by Gasteiger charge is 2.23. The Morgan fingerprint density at radius 2 is 2.09 bits per heavy atom. The predicted octanol–water partition coefficient (Wildman–Crippen LogP) is 1.47. The van der Waals surface area contributed by atoms with Gasteiger partial charge in [-0.3, -0.25) is 0 Å². The van der Waals surface area contributed by atoms with Crippen LogP contribution in [0.15, 0.2) is 0 Å². The van der Waals surface area contributed by atoms with Gasteiger partial charge in [0, 0.05) is 11.5 Å². The lowest BCUT2D eigenvalue weighted by Crippen LogP contribution is -2.36. The van der Waals surface area contributed by atoms with Crippen LogP contribution in [0.25, 0.3) is 0 Å². The third-order valence-electron chi connectivity index (χ3n) is 1.90. The molecule has 0 rings (SSSR count). The fourth-order valence-electron chi connectivity index (χ4n) is 0.909. The molecule has 1 unspecified atom stereocenters. The summed E-state index contributed by atoms with van der Waals surface area (Å²) in [5, 5.41) is 8.40. The summed E-state index contributed by atoms with van der Waals surface area (Å²) in [6.07, 6.45) is 3.92. The van der Waals surface area contributed by atoms with E-state index >= 15 is 0 Å². The third-order valence-corrected chi connectivity index (χ3v) is 1.90. The summed E-state index contributed by atoms with van der Waals surface area (Å²) in [4.78, 5) is 0. The molecule has 0 saturated heterocycles. The van der Waals surface area contributed by atoms with E-state index in [4.69, 9.17) is 10.8 Å². The standard InChI is InChI=1S/C9H17NO/c1-4-5-8(10)9(2,3)6-7-11/h8,11H,4-5,10H2,1-3H3. The van der Waals surface area contributed by atoms with Crippen LogP contribution in [0.5, 0.6) is 0 Å². The summed E-state index contributed by atoms with van der Waals surface area (Å²) < 4.78 is 0. The highest BCUT2D eigenvalue weighted by Crippen LogP contribution is 2.20. The van der Waals surface area contributed by atoms with E-state index in [1.165, 1.54) is 0 Å². The molecular formula is C9H17NO. The highest BCUT2D eigenvalue weighted by molar-refractivity contribution is 5.08. The first-order chi connectivity index (χ1) is 5.04. The molecule has 2 nitrogen and oxygen atoms in total. The molecule has 0 heterocycles. The molecule has 1 atom stereocenters. The summed E-state index contributed by atoms with van der Waals surface area (Å²) in [5.41, 5.74) is 5.56. The average Bonchev–Trinajstić information content (AvgIpc) is 1.88. The second kappa shape index (κ2) is 4.25. The predicted molar refractivity (Wildman–Crippen MR) is 46.4 cm³/mol. The molecule has 0 fully saturated rings. The van der Waals surface area contributed by atoms with E-state index in [0.29, 0.717) is 0 Å². The molecule has 64 valence electrons. The highest BCUT2D eigenvalue weighted by atomic mass is 16.2. The topological polar surface area (TPSA) is 46.2 Å². The van der Waals surface area contributed by atoms with Crippen molar-refractivity contribution in [3.05, 3.63) is 0 Å². The SMILES string of the molecule is CCCC(N)C(C)(C)C#CO. The maximum absolute atomic E-state index is 8.40. The van der Waals surface area contributed by atoms with Gasteiger partial charge in [0.1, 0.15) is 6.11 Å². The van der Waals surface area contributed by atoms with Crippen molar-refractivity contribution < 1.29 is 5.11 Å². The second-order valence-electron chi connectivity index (χ2n) is 3.35. The molecule has 3 N–H and O–H groups in total. The molecule has 0 spiro atoms. The van der Waals surface area contributed by atoms with Crippen LogP contribution >= 0.6 is 0 Å². The molecule has 0 aromatic heterocycles. The normalized spacial score (nSPS) is 13.5. The van der Waals surface area contributed by atoms with Crippen LogP contribution < -0.4 is 5.73 Å². The van der Waals surface area contributed by atoms with Crippen molar-refractivity contribution in [1.29, 1.82) is 0 Å². The van der Waals surface area contributed by atoms with Gasteiger partial charge in [-0.2, -0.15) is 0 Å². The Kier molecular flexibility index (Phi) is 3.99. The maximum atomic E-state index is 8.40. The first-order valence-corrected chi connectivity index (χ1v) is 3.96. The minimum Gasteiger partial charge on any atom is -0.462 e. The lowest BCUT2D eigenvalue weighted by atomic mass is 9.83. The Hall–Kier alpha value is -0.680. The Morgan fingerprint density at radius 3 is 2.45 bits per heavy atom. The smallest absolute Gasteiger partial charge is 0.108 e. The van der Waals surface area contributed by atoms with Gasteiger partial charge in [-0.1, -0.05) is 19.3 Å². The van der Waals surface area contributed by atoms with Crippen molar-refractivity contribution in [2.24, 2.45) is 11.1 Å². The van der Waals surface area contributed by atoms with Crippen LogP contribution in [0.2, 0.25) is 0 Å². The fraction of sp³-hybridized carbons (Fsp3) is 0.778. The first kappa shape index (κ1) is 10.3. The van der Waals surface area contributed by atoms with Crippen LogP contribution in [-0.4, -0.2) is 11.1 Å². The fourth-order valence-corrected chi connectivity index (χ4v) is 0.909. The number of aliphatic hydroxyl groups excluding tert-OH is 1. The Labute approximate surface area is 68.8 Å². The molecule has 0 aromatic rings. The van der Waals surface area contributed by atoms with Crippen LogP contribution in [-0.2, 0) is 0 Å². The van der Waals surface area contributed by atoms with E-state index in [1.54, 1.807) is 0 Å². The van der Waals surface area contributed by atoms with Crippen molar-refractivity contribution >= 4 is 0 Å². The van der Waals surface area contributed by atoms with Crippen LogP contribution in [0, 0.1) is 17.4 Å². The molecule has 0 amide bonds. The second-order valence-corrected chi connectivity index (χ2v) is 3.35. The summed E-state index contributed by atoms with van der Waals surface area (Å²) in [5.74, 6) is 2.69. The number of hydrogen-bond donors (Lipinski definition) is 2. The van der Waals surface area contributed by atoms with Gasteiger partial charge < -0.3 is 10.8 Å². The van der Waals surface area contributed by atoms with E-state index in [-0.39, 0.29) is 11.5 Å². The average molecular weight is 155 g/mol. The van der Waals surface area contributed by atoms with Gasteiger partial charge >= 0.3 is 0 Å². The molecule has 0 bridgehead atoms. The largest absolute Gasteiger partial charge is 0.462 e. The lowest BCUT2D eigenvalue weighted by molar-refractivity contribution is 0.362. The van der Waals surface area contributed by atoms with Crippen molar-refractivity contribution in [3.8, 4) is 12.0 Å². The zero-order valence-electron chi connectivity index (χ0n) is 7.52. The molecule has 0 saturated carbocycles. The summed E-state index contributed by atoms with van der Waals surface area (Å²) in [6.45, 7) is 5.97. The van der Waals surface area contributed by atoms with Gasteiger partial charge in [0.25, 0.3) is 0 Å². The van der Waals surface area contributed by atoms with Gasteiger partial charge in [-0.05, 0) is 20.3 Å². The monoisotopic (exact) mass is 155 g/mol. The molecule has 0 aliphatic rings. The van der Waals surface area contributed by atoms with E-state index in [9.17, 15) is 0 Å². The Morgan fingerprint density at radius 1 is 1.55 bits per heavy atom. The van der Waals surface area contributed by atoms with Crippen LogP contribution in [0.1, 0.15) is 33.6 Å². The number of hydrogen-bond acceptors (Lipinski definition) is 2. The van der Waals surface area contributed by atoms with E-state index in [0.717, 1.165) is 12.8 Å². The van der Waals surface area contributed by atoms with Crippen molar-refractivity contribution in [2.75, 3.05) is 0 Å². The van der Waals surface area contributed by atoms with Crippen molar-refractivity contribution in [2.45, 2.75) is 39.7 Å². The number of aliphatic hydroxyl groups is 1. The van der Waals surface area contributed by atoms with Gasteiger partial charge in [-0.15, -0.1) is 0 Å². The summed E-state index contributed by atoms with van der Waals surface area (Å²) in [6, 6.07) is 0.0483. The van der Waals surface area contributed by atoms with Crippen LogP contribution in [0.4, 0.5) is 0 Å². The zero-order chi connectivity index (χ0) is 8.91. The molecule has 0 aromatic carbocycles. The van der Waals surface area contributed by atoms with E-state index in [1.807, 2.05) is 20.0 Å².